The average molecular weight is 232 g/mol. The van der Waals surface area contributed by atoms with Gasteiger partial charge in [-0.2, -0.15) is 0 Å². The standard InChI is InChI=1S/C13H16N2O2/c1-4-10-5-11(7-12(14)6-10)13(16)15-9(2)8-17-3/h1,5-7,9H,8,14H2,2-3H3,(H,15,16)/t9-/m0/s1. The van der Waals surface area contributed by atoms with Gasteiger partial charge in [-0.1, -0.05) is 5.92 Å². The Morgan fingerprint density at radius 2 is 2.29 bits per heavy atom. The second-order valence-corrected chi connectivity index (χ2v) is 3.82. The molecule has 4 nitrogen and oxygen atoms in total. The Morgan fingerprint density at radius 1 is 1.59 bits per heavy atom. The van der Waals surface area contributed by atoms with Crippen LogP contribution in [0, 0.1) is 12.3 Å². The van der Waals surface area contributed by atoms with Crippen molar-refractivity contribution in [3.05, 3.63) is 29.3 Å². The van der Waals surface area contributed by atoms with Gasteiger partial charge in [0.25, 0.3) is 5.91 Å². The largest absolute Gasteiger partial charge is 0.399 e. The summed E-state index contributed by atoms with van der Waals surface area (Å²) >= 11 is 0. The van der Waals surface area contributed by atoms with Crippen molar-refractivity contribution < 1.29 is 9.53 Å². The number of nitrogen functional groups attached to an aromatic ring is 1. The Balaban J connectivity index is 2.82. The molecule has 0 unspecified atom stereocenters. The normalized spacial score (nSPS) is 11.6. The van der Waals surface area contributed by atoms with E-state index in [0.717, 1.165) is 0 Å². The maximum atomic E-state index is 11.9. The van der Waals surface area contributed by atoms with E-state index in [4.69, 9.17) is 16.9 Å². The van der Waals surface area contributed by atoms with Gasteiger partial charge in [-0.25, -0.2) is 0 Å². The minimum atomic E-state index is -0.210. The molecule has 0 aliphatic heterocycles. The number of rotatable bonds is 4. The first kappa shape index (κ1) is 13.1. The van der Waals surface area contributed by atoms with Crippen LogP contribution < -0.4 is 11.1 Å². The van der Waals surface area contributed by atoms with Crippen LogP contribution in [0.15, 0.2) is 18.2 Å². The second-order valence-electron chi connectivity index (χ2n) is 3.82. The number of nitrogens with two attached hydrogens (primary N) is 1. The molecule has 1 atom stereocenters. The van der Waals surface area contributed by atoms with Gasteiger partial charge < -0.3 is 15.8 Å². The minimum absolute atomic E-state index is 0.0665. The van der Waals surface area contributed by atoms with Crippen molar-refractivity contribution in [3.63, 3.8) is 0 Å². The molecule has 90 valence electrons. The van der Waals surface area contributed by atoms with Crippen molar-refractivity contribution in [3.8, 4) is 12.3 Å². The van der Waals surface area contributed by atoms with Crippen LogP contribution in [0.25, 0.3) is 0 Å². The third-order valence-corrected chi connectivity index (χ3v) is 2.18. The van der Waals surface area contributed by atoms with E-state index in [1.807, 2.05) is 6.92 Å². The van der Waals surface area contributed by atoms with Crippen molar-refractivity contribution >= 4 is 11.6 Å². The quantitative estimate of drug-likeness (QED) is 0.601. The summed E-state index contributed by atoms with van der Waals surface area (Å²) in [5.74, 6) is 2.25. The Morgan fingerprint density at radius 3 is 2.88 bits per heavy atom. The molecule has 1 aromatic carbocycles. The number of carbonyl (C=O) groups is 1. The van der Waals surface area contributed by atoms with Crippen LogP contribution >= 0.6 is 0 Å². The Kier molecular flexibility index (Phi) is 4.56. The van der Waals surface area contributed by atoms with Crippen LogP contribution in [0.5, 0.6) is 0 Å². The SMILES string of the molecule is C#Cc1cc(N)cc(C(=O)N[C@@H](C)COC)c1. The zero-order valence-electron chi connectivity index (χ0n) is 9.99. The molecule has 17 heavy (non-hydrogen) atoms. The molecule has 0 aliphatic rings. The van der Waals surface area contributed by atoms with E-state index in [2.05, 4.69) is 11.2 Å². The van der Waals surface area contributed by atoms with Crippen molar-refractivity contribution in [1.29, 1.82) is 0 Å². The van der Waals surface area contributed by atoms with Gasteiger partial charge in [0.2, 0.25) is 0 Å². The van der Waals surface area contributed by atoms with Gasteiger partial charge in [-0.3, -0.25) is 4.79 Å². The molecule has 0 saturated heterocycles. The summed E-state index contributed by atoms with van der Waals surface area (Å²) in [5.41, 5.74) is 7.19. The zero-order chi connectivity index (χ0) is 12.8. The van der Waals surface area contributed by atoms with Gasteiger partial charge in [0.1, 0.15) is 0 Å². The molecule has 0 saturated carbocycles. The highest BCUT2D eigenvalue weighted by atomic mass is 16.5. The van der Waals surface area contributed by atoms with Crippen LogP contribution in [-0.2, 0) is 4.74 Å². The number of anilines is 1. The fraction of sp³-hybridized carbons (Fsp3) is 0.308. The van der Waals surface area contributed by atoms with Crippen LogP contribution in [0.4, 0.5) is 5.69 Å². The lowest BCUT2D eigenvalue weighted by atomic mass is 10.1. The zero-order valence-corrected chi connectivity index (χ0v) is 9.99. The van der Waals surface area contributed by atoms with E-state index in [1.165, 1.54) is 0 Å². The predicted octanol–water partition coefficient (Wildman–Crippen LogP) is 1.01. The minimum Gasteiger partial charge on any atom is -0.399 e. The average Bonchev–Trinajstić information content (AvgIpc) is 2.28. The first-order chi connectivity index (χ1) is 8.06. The molecule has 0 bridgehead atoms. The summed E-state index contributed by atoms with van der Waals surface area (Å²) in [6.45, 7) is 2.31. The van der Waals surface area contributed by atoms with Crippen LogP contribution in [0.3, 0.4) is 0 Å². The van der Waals surface area contributed by atoms with Crippen molar-refractivity contribution in [2.75, 3.05) is 19.5 Å². The molecule has 1 aromatic rings. The van der Waals surface area contributed by atoms with Crippen LogP contribution in [-0.4, -0.2) is 25.7 Å². The Labute approximate surface area is 101 Å². The highest BCUT2D eigenvalue weighted by Gasteiger charge is 2.10. The molecule has 1 amide bonds. The second kappa shape index (κ2) is 5.92. The summed E-state index contributed by atoms with van der Waals surface area (Å²) in [6, 6.07) is 4.80. The van der Waals surface area contributed by atoms with Gasteiger partial charge in [0, 0.05) is 30.0 Å². The highest BCUT2D eigenvalue weighted by molar-refractivity contribution is 5.95. The number of methoxy groups -OCH3 is 1. The molecule has 0 fully saturated rings. The van der Waals surface area contributed by atoms with E-state index in [9.17, 15) is 4.79 Å². The third-order valence-electron chi connectivity index (χ3n) is 2.18. The first-order valence-corrected chi connectivity index (χ1v) is 5.23. The lowest BCUT2D eigenvalue weighted by Gasteiger charge is -2.13. The summed E-state index contributed by atoms with van der Waals surface area (Å²) in [7, 11) is 1.58. The van der Waals surface area contributed by atoms with E-state index < -0.39 is 0 Å². The number of ether oxygens (including phenoxy) is 1. The molecule has 3 N–H and O–H groups in total. The number of hydrogen-bond donors (Lipinski definition) is 2. The predicted molar refractivity (Wildman–Crippen MR) is 67.6 cm³/mol. The van der Waals surface area contributed by atoms with Crippen molar-refractivity contribution in [2.45, 2.75) is 13.0 Å². The maximum Gasteiger partial charge on any atom is 0.251 e. The van der Waals surface area contributed by atoms with Gasteiger partial charge in [0.05, 0.1) is 6.61 Å². The number of benzene rings is 1. The topological polar surface area (TPSA) is 64.4 Å². The number of terminal acetylenes is 1. The molecule has 0 aliphatic carbocycles. The molecule has 0 radical (unpaired) electrons. The van der Waals surface area contributed by atoms with Gasteiger partial charge in [0.15, 0.2) is 0 Å². The number of hydrogen-bond acceptors (Lipinski definition) is 3. The van der Waals surface area contributed by atoms with Gasteiger partial charge in [-0.15, -0.1) is 6.42 Å². The van der Waals surface area contributed by atoms with Crippen molar-refractivity contribution in [1.82, 2.24) is 5.32 Å². The number of carbonyl (C=O) groups excluding carboxylic acids is 1. The van der Waals surface area contributed by atoms with E-state index >= 15 is 0 Å². The lowest BCUT2D eigenvalue weighted by molar-refractivity contribution is 0.0905. The summed E-state index contributed by atoms with van der Waals surface area (Å²) in [5, 5.41) is 2.79. The van der Waals surface area contributed by atoms with Crippen LogP contribution in [0.2, 0.25) is 0 Å². The molecular weight excluding hydrogens is 216 g/mol. The molecule has 0 heterocycles. The molecule has 0 spiro atoms. The van der Waals surface area contributed by atoms with Gasteiger partial charge in [-0.05, 0) is 25.1 Å². The Hall–Kier alpha value is -1.99. The fourth-order valence-electron chi connectivity index (χ4n) is 1.46. The molecule has 1 rings (SSSR count). The first-order valence-electron chi connectivity index (χ1n) is 5.23. The smallest absolute Gasteiger partial charge is 0.251 e. The van der Waals surface area contributed by atoms with Crippen molar-refractivity contribution in [2.24, 2.45) is 0 Å². The van der Waals surface area contributed by atoms with E-state index in [1.54, 1.807) is 25.3 Å². The van der Waals surface area contributed by atoms with Gasteiger partial charge >= 0.3 is 0 Å². The fourth-order valence-corrected chi connectivity index (χ4v) is 1.46. The maximum absolute atomic E-state index is 11.9. The van der Waals surface area contributed by atoms with E-state index in [0.29, 0.717) is 23.4 Å². The Bertz CT molecular complexity index is 449. The third kappa shape index (κ3) is 3.82. The number of nitrogens with one attached hydrogen (secondary N) is 1. The highest BCUT2D eigenvalue weighted by Crippen LogP contribution is 2.11. The summed E-state index contributed by atoms with van der Waals surface area (Å²) in [6.07, 6.45) is 5.28. The summed E-state index contributed by atoms with van der Waals surface area (Å²) < 4.78 is 4.94. The lowest BCUT2D eigenvalue weighted by Crippen LogP contribution is -2.35. The molecule has 0 aromatic heterocycles. The molecular formula is C13H16N2O2. The number of amides is 1. The molecule has 4 heteroatoms. The van der Waals surface area contributed by atoms with Crippen LogP contribution in [0.1, 0.15) is 22.8 Å². The monoisotopic (exact) mass is 232 g/mol. The van der Waals surface area contributed by atoms with E-state index in [-0.39, 0.29) is 11.9 Å². The summed E-state index contributed by atoms with van der Waals surface area (Å²) in [4.78, 5) is 11.9.